The van der Waals surface area contributed by atoms with E-state index in [9.17, 15) is 0 Å². The van der Waals surface area contributed by atoms with Gasteiger partial charge in [-0.2, -0.15) is 15.6 Å². The molecule has 0 saturated carbocycles. The van der Waals surface area contributed by atoms with Gasteiger partial charge in [-0.05, 0) is 12.1 Å². The van der Waals surface area contributed by atoms with Crippen molar-refractivity contribution in [1.82, 2.24) is 9.78 Å². The number of fused-ring (bicyclic) bond motifs is 1. The second-order valence-corrected chi connectivity index (χ2v) is 4.03. The maximum absolute atomic E-state index is 8.62. The van der Waals surface area contributed by atoms with Crippen molar-refractivity contribution in [3.63, 3.8) is 0 Å². The number of halogens is 1. The summed E-state index contributed by atoms with van der Waals surface area (Å²) in [5.41, 5.74) is 1.40. The Morgan fingerprint density at radius 1 is 1.44 bits per heavy atom. The van der Waals surface area contributed by atoms with E-state index in [4.69, 9.17) is 22.1 Å². The average Bonchev–Trinajstić information content (AvgIpc) is 2.69. The van der Waals surface area contributed by atoms with Crippen molar-refractivity contribution in [2.75, 3.05) is 5.32 Å². The second kappa shape index (κ2) is 4.79. The van der Waals surface area contributed by atoms with E-state index >= 15 is 0 Å². The first-order valence-corrected chi connectivity index (χ1v) is 5.41. The summed E-state index contributed by atoms with van der Waals surface area (Å²) in [6, 6.07) is 7.06. The number of nitrogens with zero attached hydrogens (tertiary/aromatic N) is 4. The van der Waals surface area contributed by atoms with E-state index in [1.54, 1.807) is 22.9 Å². The molecule has 2 aromatic rings. The Morgan fingerprint density at radius 2 is 2.17 bits per heavy atom. The number of hydrogen-bond donors (Lipinski definition) is 1. The lowest BCUT2D eigenvalue weighted by Crippen LogP contribution is -1.90. The second-order valence-electron chi connectivity index (χ2n) is 3.62. The minimum Gasteiger partial charge on any atom is -0.359 e. The van der Waals surface area contributed by atoms with Crippen LogP contribution < -0.4 is 5.32 Å². The van der Waals surface area contributed by atoms with Gasteiger partial charge < -0.3 is 5.32 Å². The number of aromatic nitrogens is 2. The molecule has 0 saturated heterocycles. The molecule has 0 atom stereocenters. The molecule has 0 unspecified atom stereocenters. The minimum absolute atomic E-state index is 0.0163. The van der Waals surface area contributed by atoms with Crippen LogP contribution in [0, 0.1) is 22.7 Å². The van der Waals surface area contributed by atoms with Crippen LogP contribution in [0.2, 0.25) is 5.02 Å². The molecule has 0 aliphatic heterocycles. The normalized spacial score (nSPS) is 9.56. The molecule has 2 rings (SSSR count). The van der Waals surface area contributed by atoms with E-state index in [1.807, 2.05) is 19.3 Å². The van der Waals surface area contributed by atoms with E-state index in [0.717, 1.165) is 10.9 Å². The lowest BCUT2D eigenvalue weighted by atomic mass is 10.2. The van der Waals surface area contributed by atoms with Gasteiger partial charge in [0, 0.05) is 24.8 Å². The molecule has 1 aromatic carbocycles. The van der Waals surface area contributed by atoms with Gasteiger partial charge in [-0.15, -0.1) is 0 Å². The molecule has 0 spiro atoms. The number of anilines is 1. The molecular weight excluding hydrogens is 250 g/mol. The first kappa shape index (κ1) is 12.0. The van der Waals surface area contributed by atoms with E-state index in [0.29, 0.717) is 10.7 Å². The fraction of sp³-hybridized carbons (Fsp3) is 0.0833. The van der Waals surface area contributed by atoms with Gasteiger partial charge in [-0.1, -0.05) is 11.6 Å². The molecule has 0 amide bonds. The molecule has 1 heterocycles. The molecule has 0 aliphatic carbocycles. The number of allylic oxidation sites excluding steroid dienone is 1. The third-order valence-electron chi connectivity index (χ3n) is 2.32. The maximum atomic E-state index is 8.62. The minimum atomic E-state index is -0.0163. The molecule has 18 heavy (non-hydrogen) atoms. The quantitative estimate of drug-likeness (QED) is 0.839. The highest BCUT2D eigenvalue weighted by atomic mass is 35.5. The average molecular weight is 258 g/mol. The van der Waals surface area contributed by atoms with Crippen LogP contribution in [0.3, 0.4) is 0 Å². The summed E-state index contributed by atoms with van der Waals surface area (Å²) >= 11 is 6.08. The zero-order valence-corrected chi connectivity index (χ0v) is 10.2. The van der Waals surface area contributed by atoms with Gasteiger partial charge in [0.1, 0.15) is 17.7 Å². The smallest absolute Gasteiger partial charge is 0.145 e. The van der Waals surface area contributed by atoms with Crippen LogP contribution in [0.25, 0.3) is 10.9 Å². The summed E-state index contributed by atoms with van der Waals surface area (Å²) in [5, 5.41) is 25.7. The molecule has 0 fully saturated rings. The zero-order chi connectivity index (χ0) is 13.1. The Balaban J connectivity index is 2.40. The van der Waals surface area contributed by atoms with Crippen LogP contribution in [0.4, 0.5) is 5.69 Å². The molecule has 0 radical (unpaired) electrons. The van der Waals surface area contributed by atoms with E-state index in [1.165, 1.54) is 6.20 Å². The molecular formula is C12H8ClN5. The molecule has 6 heteroatoms. The number of benzene rings is 1. The van der Waals surface area contributed by atoms with Crippen molar-refractivity contribution >= 4 is 28.2 Å². The predicted octanol–water partition coefficient (Wildman–Crippen LogP) is 2.57. The van der Waals surface area contributed by atoms with Crippen LogP contribution in [0.5, 0.6) is 0 Å². The zero-order valence-electron chi connectivity index (χ0n) is 9.48. The summed E-state index contributed by atoms with van der Waals surface area (Å²) in [4.78, 5) is 0. The van der Waals surface area contributed by atoms with Crippen molar-refractivity contribution in [3.8, 4) is 12.1 Å². The first-order valence-electron chi connectivity index (χ1n) is 5.04. The van der Waals surface area contributed by atoms with Gasteiger partial charge in [0.2, 0.25) is 0 Å². The van der Waals surface area contributed by atoms with E-state index < -0.39 is 0 Å². The predicted molar refractivity (Wildman–Crippen MR) is 68.7 cm³/mol. The summed E-state index contributed by atoms with van der Waals surface area (Å²) in [5.74, 6) is 0. The number of hydrogen-bond acceptors (Lipinski definition) is 4. The molecule has 1 aromatic heterocycles. The van der Waals surface area contributed by atoms with Crippen molar-refractivity contribution in [2.45, 2.75) is 0 Å². The third-order valence-corrected chi connectivity index (χ3v) is 2.63. The van der Waals surface area contributed by atoms with Gasteiger partial charge in [0.25, 0.3) is 0 Å². The molecule has 5 nitrogen and oxygen atoms in total. The highest BCUT2D eigenvalue weighted by molar-refractivity contribution is 6.34. The lowest BCUT2D eigenvalue weighted by Gasteiger charge is -2.03. The third kappa shape index (κ3) is 2.27. The largest absolute Gasteiger partial charge is 0.359 e. The Kier molecular flexibility index (Phi) is 3.18. The monoisotopic (exact) mass is 257 g/mol. The number of aryl methyl sites for hydroxylation is 1. The topological polar surface area (TPSA) is 77.4 Å². The SMILES string of the molecule is Cn1cc2cc(NC=C(C#N)C#N)c(Cl)cc2n1. The fourth-order valence-electron chi connectivity index (χ4n) is 1.52. The molecule has 1 N–H and O–H groups in total. The van der Waals surface area contributed by atoms with Crippen LogP contribution in [0.1, 0.15) is 0 Å². The number of rotatable bonds is 2. The van der Waals surface area contributed by atoms with Crippen molar-refractivity contribution in [2.24, 2.45) is 7.05 Å². The van der Waals surface area contributed by atoms with Gasteiger partial charge in [-0.3, -0.25) is 4.68 Å². The van der Waals surface area contributed by atoms with Crippen LogP contribution >= 0.6 is 11.6 Å². The van der Waals surface area contributed by atoms with Gasteiger partial charge >= 0.3 is 0 Å². The van der Waals surface area contributed by atoms with Crippen LogP contribution in [0.15, 0.2) is 30.1 Å². The van der Waals surface area contributed by atoms with Gasteiger partial charge in [-0.25, -0.2) is 0 Å². The van der Waals surface area contributed by atoms with Gasteiger partial charge in [0.05, 0.1) is 16.2 Å². The van der Waals surface area contributed by atoms with E-state index in [2.05, 4.69) is 10.4 Å². The number of nitriles is 2. The van der Waals surface area contributed by atoms with Crippen molar-refractivity contribution in [1.29, 1.82) is 10.5 Å². The highest BCUT2D eigenvalue weighted by Crippen LogP contribution is 2.27. The van der Waals surface area contributed by atoms with Crippen molar-refractivity contribution in [3.05, 3.63) is 35.1 Å². The molecule has 0 aliphatic rings. The van der Waals surface area contributed by atoms with E-state index in [-0.39, 0.29) is 5.57 Å². The molecule has 88 valence electrons. The van der Waals surface area contributed by atoms with Gasteiger partial charge in [0.15, 0.2) is 0 Å². The number of nitrogens with one attached hydrogen (secondary N) is 1. The summed E-state index contributed by atoms with van der Waals surface area (Å²) in [7, 11) is 1.82. The Morgan fingerprint density at radius 3 is 2.83 bits per heavy atom. The first-order chi connectivity index (χ1) is 8.63. The Hall–Kier alpha value is -2.50. The van der Waals surface area contributed by atoms with Crippen LogP contribution in [-0.2, 0) is 7.05 Å². The summed E-state index contributed by atoms with van der Waals surface area (Å²) < 4.78 is 1.69. The molecule has 0 bridgehead atoms. The maximum Gasteiger partial charge on any atom is 0.145 e. The summed E-state index contributed by atoms with van der Waals surface area (Å²) in [6.07, 6.45) is 3.18. The standard InChI is InChI=1S/C12H8ClN5/c1-18-7-9-2-12(10(13)3-11(9)17-18)16-6-8(4-14)5-15/h2-3,6-7,16H,1H3. The fourth-order valence-corrected chi connectivity index (χ4v) is 1.73. The lowest BCUT2D eigenvalue weighted by molar-refractivity contribution is 0.780. The highest BCUT2D eigenvalue weighted by Gasteiger charge is 2.05. The Bertz CT molecular complexity index is 698. The van der Waals surface area contributed by atoms with Crippen molar-refractivity contribution < 1.29 is 0 Å². The van der Waals surface area contributed by atoms with Crippen LogP contribution in [-0.4, -0.2) is 9.78 Å². The Labute approximate surface area is 108 Å². The summed E-state index contributed by atoms with van der Waals surface area (Å²) in [6.45, 7) is 0.